The highest BCUT2D eigenvalue weighted by Crippen LogP contribution is 2.26. The average molecular weight is 419 g/mol. The molecule has 0 aliphatic rings. The molecule has 0 aliphatic heterocycles. The molecule has 0 saturated carbocycles. The maximum atomic E-state index is 13.0. The lowest BCUT2D eigenvalue weighted by Crippen LogP contribution is -2.37. The Morgan fingerprint density at radius 3 is 2.23 bits per heavy atom. The fourth-order valence-electron chi connectivity index (χ4n) is 3.96. The molecule has 5 nitrogen and oxygen atoms in total. The molecule has 5 heteroatoms. The third kappa shape index (κ3) is 5.05. The first-order valence-electron chi connectivity index (χ1n) is 10.4. The predicted octanol–water partition coefficient (Wildman–Crippen LogP) is 4.97. The van der Waals surface area contributed by atoms with Crippen molar-refractivity contribution in [3.63, 3.8) is 0 Å². The number of hydrogen-bond acceptors (Lipinski definition) is 3. The molecule has 2 amide bonds. The van der Waals surface area contributed by atoms with Crippen molar-refractivity contribution in [1.82, 2.24) is 4.90 Å². The summed E-state index contributed by atoms with van der Waals surface area (Å²) in [4.78, 5) is 27.0. The summed E-state index contributed by atoms with van der Waals surface area (Å²) in [7, 11) is 3.31. The van der Waals surface area contributed by atoms with Gasteiger partial charge in [0.05, 0.1) is 19.6 Å². The van der Waals surface area contributed by atoms with Crippen molar-refractivity contribution in [2.75, 3.05) is 26.0 Å². The molecule has 1 atom stereocenters. The lowest BCUT2D eigenvalue weighted by atomic mass is 9.96. The van der Waals surface area contributed by atoms with Gasteiger partial charge in [0.2, 0.25) is 11.8 Å². The zero-order chi connectivity index (χ0) is 22.7. The average Bonchev–Trinajstić information content (AvgIpc) is 2.74. The summed E-state index contributed by atoms with van der Waals surface area (Å²) in [5.74, 6) is 0.144. The zero-order valence-electron chi connectivity index (χ0n) is 19.1. The van der Waals surface area contributed by atoms with Gasteiger partial charge >= 0.3 is 0 Å². The highest BCUT2D eigenvalue weighted by molar-refractivity contribution is 5.97. The molecule has 31 heavy (non-hydrogen) atoms. The van der Waals surface area contributed by atoms with Crippen LogP contribution in [0.4, 0.5) is 5.69 Å². The summed E-state index contributed by atoms with van der Waals surface area (Å²) in [6, 6.07) is 15.9. The molecule has 0 radical (unpaired) electrons. The number of rotatable bonds is 6. The lowest BCUT2D eigenvalue weighted by molar-refractivity contribution is -0.134. The van der Waals surface area contributed by atoms with Gasteiger partial charge in [0.25, 0.3) is 0 Å². The number of ether oxygens (including phenoxy) is 1. The van der Waals surface area contributed by atoms with Gasteiger partial charge in [-0.2, -0.15) is 0 Å². The van der Waals surface area contributed by atoms with Crippen LogP contribution in [0.25, 0.3) is 10.8 Å². The smallest absolute Gasteiger partial charge is 0.243 e. The van der Waals surface area contributed by atoms with Gasteiger partial charge in [-0.1, -0.05) is 42.0 Å². The van der Waals surface area contributed by atoms with Gasteiger partial charge in [-0.25, -0.2) is 0 Å². The van der Waals surface area contributed by atoms with E-state index in [9.17, 15) is 9.59 Å². The summed E-state index contributed by atoms with van der Waals surface area (Å²) in [5, 5.41) is 5.06. The summed E-state index contributed by atoms with van der Waals surface area (Å²) in [6.07, 6.45) is 0. The molecule has 0 aromatic heterocycles. The van der Waals surface area contributed by atoms with Crippen molar-refractivity contribution in [2.45, 2.75) is 33.6 Å². The van der Waals surface area contributed by atoms with Gasteiger partial charge in [-0.15, -0.1) is 0 Å². The molecular formula is C26H30N2O3. The Bertz CT molecular complexity index is 1110. The molecule has 0 spiro atoms. The van der Waals surface area contributed by atoms with Crippen LogP contribution in [0.5, 0.6) is 5.75 Å². The Labute approximate surface area is 184 Å². The molecule has 162 valence electrons. The highest BCUT2D eigenvalue weighted by Gasteiger charge is 2.22. The van der Waals surface area contributed by atoms with Gasteiger partial charge in [0, 0.05) is 12.7 Å². The van der Waals surface area contributed by atoms with Gasteiger partial charge in [-0.05, 0) is 67.3 Å². The Balaban J connectivity index is 1.69. The van der Waals surface area contributed by atoms with E-state index in [1.54, 1.807) is 14.2 Å². The van der Waals surface area contributed by atoms with Crippen LogP contribution in [0.1, 0.15) is 35.1 Å². The number of benzene rings is 3. The van der Waals surface area contributed by atoms with Crippen LogP contribution < -0.4 is 10.1 Å². The Hall–Kier alpha value is -3.34. The molecule has 3 aromatic rings. The normalized spacial score (nSPS) is 11.8. The molecular weight excluding hydrogens is 388 g/mol. The molecule has 0 heterocycles. The number of hydrogen-bond donors (Lipinski definition) is 1. The molecule has 3 rings (SSSR count). The van der Waals surface area contributed by atoms with Crippen LogP contribution in [-0.2, 0) is 9.59 Å². The van der Waals surface area contributed by atoms with Crippen LogP contribution >= 0.6 is 0 Å². The largest absolute Gasteiger partial charge is 0.497 e. The molecule has 0 aliphatic carbocycles. The van der Waals surface area contributed by atoms with Gasteiger partial charge in [-0.3, -0.25) is 9.59 Å². The van der Waals surface area contributed by atoms with Crippen LogP contribution in [-0.4, -0.2) is 37.4 Å². The fourth-order valence-corrected chi connectivity index (χ4v) is 3.96. The third-order valence-corrected chi connectivity index (χ3v) is 5.64. The standard InChI is InChI=1S/C26H30N2O3/c1-16-11-17(2)25(18(3)12-16)27-24(29)15-28(5)26(30)19(4)20-7-8-22-14-23(31-6)10-9-21(22)13-20/h7-14,19H,15H2,1-6H3,(H,27,29)/t19-/m1/s1. The highest BCUT2D eigenvalue weighted by atomic mass is 16.5. The van der Waals surface area contributed by atoms with Crippen molar-refractivity contribution >= 4 is 28.3 Å². The van der Waals surface area contributed by atoms with E-state index in [1.807, 2.05) is 76.2 Å². The number of amides is 2. The summed E-state index contributed by atoms with van der Waals surface area (Å²) < 4.78 is 5.27. The number of anilines is 1. The number of aryl methyl sites for hydroxylation is 3. The third-order valence-electron chi connectivity index (χ3n) is 5.64. The molecule has 0 unspecified atom stereocenters. The number of likely N-dealkylation sites (N-methyl/N-ethyl adjacent to an activating group) is 1. The molecule has 0 bridgehead atoms. The SMILES string of the molecule is COc1ccc2cc([C@@H](C)C(=O)N(C)CC(=O)Nc3c(C)cc(C)cc3C)ccc2c1. The molecule has 1 N–H and O–H groups in total. The second-order valence-electron chi connectivity index (χ2n) is 8.21. The number of carbonyl (C=O) groups excluding carboxylic acids is 2. The second-order valence-corrected chi connectivity index (χ2v) is 8.21. The van der Waals surface area contributed by atoms with Crippen molar-refractivity contribution in [3.8, 4) is 5.75 Å². The summed E-state index contributed by atoms with van der Waals surface area (Å²) >= 11 is 0. The quantitative estimate of drug-likeness (QED) is 0.615. The monoisotopic (exact) mass is 418 g/mol. The fraction of sp³-hybridized carbons (Fsp3) is 0.308. The maximum Gasteiger partial charge on any atom is 0.243 e. The summed E-state index contributed by atoms with van der Waals surface area (Å²) in [5.41, 5.74) is 4.92. The first-order valence-corrected chi connectivity index (χ1v) is 10.4. The molecule has 3 aromatic carbocycles. The Kier molecular flexibility index (Phi) is 6.64. The minimum atomic E-state index is -0.354. The van der Waals surface area contributed by atoms with Crippen molar-refractivity contribution in [3.05, 3.63) is 70.8 Å². The number of nitrogens with one attached hydrogen (secondary N) is 1. The van der Waals surface area contributed by atoms with Gasteiger partial charge in [0.1, 0.15) is 5.75 Å². The number of fused-ring (bicyclic) bond motifs is 1. The van der Waals surface area contributed by atoms with E-state index in [0.717, 1.165) is 44.5 Å². The van der Waals surface area contributed by atoms with E-state index in [4.69, 9.17) is 4.74 Å². The van der Waals surface area contributed by atoms with E-state index >= 15 is 0 Å². The van der Waals surface area contributed by atoms with Crippen molar-refractivity contribution in [1.29, 1.82) is 0 Å². The predicted molar refractivity (Wildman–Crippen MR) is 126 cm³/mol. The van der Waals surface area contributed by atoms with E-state index in [2.05, 4.69) is 5.32 Å². The minimum absolute atomic E-state index is 0.000704. The van der Waals surface area contributed by atoms with Crippen molar-refractivity contribution in [2.24, 2.45) is 0 Å². The zero-order valence-corrected chi connectivity index (χ0v) is 19.1. The van der Waals surface area contributed by atoms with Crippen LogP contribution in [0.3, 0.4) is 0 Å². The van der Waals surface area contributed by atoms with Crippen molar-refractivity contribution < 1.29 is 14.3 Å². The topological polar surface area (TPSA) is 58.6 Å². The lowest BCUT2D eigenvalue weighted by Gasteiger charge is -2.22. The molecule has 0 fully saturated rings. The van der Waals surface area contributed by atoms with Gasteiger partial charge < -0.3 is 15.0 Å². The summed E-state index contributed by atoms with van der Waals surface area (Å²) in [6.45, 7) is 7.85. The Morgan fingerprint density at radius 2 is 1.58 bits per heavy atom. The minimum Gasteiger partial charge on any atom is -0.497 e. The van der Waals surface area contributed by atoms with Crippen LogP contribution in [0.2, 0.25) is 0 Å². The first-order chi connectivity index (χ1) is 14.7. The Morgan fingerprint density at radius 1 is 0.968 bits per heavy atom. The second kappa shape index (κ2) is 9.21. The van der Waals surface area contributed by atoms with Gasteiger partial charge in [0.15, 0.2) is 0 Å². The molecule has 0 saturated heterocycles. The number of carbonyl (C=O) groups is 2. The first kappa shape index (κ1) is 22.3. The van der Waals surface area contributed by atoms with E-state index < -0.39 is 0 Å². The maximum absolute atomic E-state index is 13.0. The van der Waals surface area contributed by atoms with E-state index in [-0.39, 0.29) is 24.3 Å². The van der Waals surface area contributed by atoms with E-state index in [1.165, 1.54) is 4.90 Å². The van der Waals surface area contributed by atoms with E-state index in [0.29, 0.717) is 0 Å². The number of nitrogens with zero attached hydrogens (tertiary/aromatic N) is 1. The van der Waals surface area contributed by atoms with Crippen LogP contribution in [0.15, 0.2) is 48.5 Å². The number of methoxy groups -OCH3 is 1. The van der Waals surface area contributed by atoms with Crippen LogP contribution in [0, 0.1) is 20.8 Å².